The molecule has 2 aromatic heterocycles. The number of hydrogen-bond donors (Lipinski definition) is 1. The van der Waals surface area contributed by atoms with Crippen LogP contribution in [0.4, 0.5) is 5.95 Å². The first kappa shape index (κ1) is 9.92. The first-order chi connectivity index (χ1) is 7.33. The molecule has 0 spiro atoms. The number of fused-ring (bicyclic) bond motifs is 1. The summed E-state index contributed by atoms with van der Waals surface area (Å²) in [6.07, 6.45) is 1.74. The lowest BCUT2D eigenvalue weighted by Crippen LogP contribution is -2.09. The van der Waals surface area contributed by atoms with Crippen LogP contribution >= 0.6 is 0 Å². The quantitative estimate of drug-likeness (QED) is 0.759. The zero-order valence-corrected chi connectivity index (χ0v) is 8.68. The van der Waals surface area contributed by atoms with E-state index in [4.69, 9.17) is 10.5 Å². The molecule has 2 aromatic rings. The Morgan fingerprint density at radius 3 is 3.20 bits per heavy atom. The van der Waals surface area contributed by atoms with Crippen LogP contribution in [0.1, 0.15) is 6.92 Å². The molecule has 15 heavy (non-hydrogen) atoms. The predicted octanol–water partition coefficient (Wildman–Crippen LogP) is 1.05. The molecule has 0 aliphatic rings. The molecule has 2 rings (SSSR count). The van der Waals surface area contributed by atoms with Crippen LogP contribution in [0.3, 0.4) is 0 Å². The van der Waals surface area contributed by atoms with Crippen molar-refractivity contribution < 1.29 is 4.74 Å². The fourth-order valence-corrected chi connectivity index (χ4v) is 1.50. The third kappa shape index (κ3) is 1.92. The highest BCUT2D eigenvalue weighted by molar-refractivity contribution is 5.73. The Hall–Kier alpha value is -1.62. The average molecular weight is 206 g/mol. The lowest BCUT2D eigenvalue weighted by Gasteiger charge is -2.05. The van der Waals surface area contributed by atoms with Gasteiger partial charge in [-0.3, -0.25) is 4.57 Å². The van der Waals surface area contributed by atoms with Gasteiger partial charge in [-0.05, 0) is 19.1 Å². The third-order valence-corrected chi connectivity index (χ3v) is 2.20. The largest absolute Gasteiger partial charge is 0.380 e. The number of hydrogen-bond acceptors (Lipinski definition) is 4. The van der Waals surface area contributed by atoms with Gasteiger partial charge in [0.15, 0.2) is 5.65 Å². The van der Waals surface area contributed by atoms with Crippen molar-refractivity contribution in [1.82, 2.24) is 14.5 Å². The molecule has 80 valence electrons. The van der Waals surface area contributed by atoms with Crippen LogP contribution < -0.4 is 5.73 Å². The lowest BCUT2D eigenvalue weighted by molar-refractivity contribution is 0.140. The molecule has 5 heteroatoms. The summed E-state index contributed by atoms with van der Waals surface area (Å²) in [6, 6.07) is 3.75. The Labute approximate surface area is 87.9 Å². The van der Waals surface area contributed by atoms with E-state index in [9.17, 15) is 0 Å². The summed E-state index contributed by atoms with van der Waals surface area (Å²) >= 11 is 0. The molecule has 0 radical (unpaired) electrons. The summed E-state index contributed by atoms with van der Waals surface area (Å²) in [5.74, 6) is 0.489. The summed E-state index contributed by atoms with van der Waals surface area (Å²) in [5, 5.41) is 0. The summed E-state index contributed by atoms with van der Waals surface area (Å²) in [7, 11) is 0. The molecule has 0 aliphatic carbocycles. The SMILES string of the molecule is CCOCCn1c(N)nc2cccnc21. The van der Waals surface area contributed by atoms with Crippen molar-refractivity contribution >= 4 is 17.1 Å². The van der Waals surface area contributed by atoms with Crippen LogP contribution in [-0.2, 0) is 11.3 Å². The van der Waals surface area contributed by atoms with Gasteiger partial charge in [-0.25, -0.2) is 9.97 Å². The number of rotatable bonds is 4. The van der Waals surface area contributed by atoms with Gasteiger partial charge in [-0.2, -0.15) is 0 Å². The zero-order valence-electron chi connectivity index (χ0n) is 8.68. The number of pyridine rings is 1. The van der Waals surface area contributed by atoms with E-state index in [-0.39, 0.29) is 0 Å². The van der Waals surface area contributed by atoms with Crippen LogP contribution in [0.15, 0.2) is 18.3 Å². The Balaban J connectivity index is 2.28. The molecule has 0 saturated heterocycles. The molecule has 5 nitrogen and oxygen atoms in total. The Bertz CT molecular complexity index is 452. The summed E-state index contributed by atoms with van der Waals surface area (Å²) in [6.45, 7) is 3.99. The first-order valence-corrected chi connectivity index (χ1v) is 4.97. The molecule has 0 bridgehead atoms. The summed E-state index contributed by atoms with van der Waals surface area (Å²) in [4.78, 5) is 8.46. The van der Waals surface area contributed by atoms with Gasteiger partial charge >= 0.3 is 0 Å². The van der Waals surface area contributed by atoms with E-state index < -0.39 is 0 Å². The second kappa shape index (κ2) is 4.27. The zero-order chi connectivity index (χ0) is 10.7. The predicted molar refractivity (Wildman–Crippen MR) is 58.4 cm³/mol. The van der Waals surface area contributed by atoms with Crippen molar-refractivity contribution in [3.8, 4) is 0 Å². The molecular weight excluding hydrogens is 192 g/mol. The molecule has 0 atom stereocenters. The molecule has 0 amide bonds. The van der Waals surface area contributed by atoms with Crippen LogP contribution in [0, 0.1) is 0 Å². The van der Waals surface area contributed by atoms with E-state index in [2.05, 4.69) is 9.97 Å². The molecule has 2 N–H and O–H groups in total. The third-order valence-electron chi connectivity index (χ3n) is 2.20. The van der Waals surface area contributed by atoms with Gasteiger partial charge in [0.2, 0.25) is 5.95 Å². The van der Waals surface area contributed by atoms with Gasteiger partial charge < -0.3 is 10.5 Å². The van der Waals surface area contributed by atoms with E-state index in [0.29, 0.717) is 25.7 Å². The molecule has 0 aliphatic heterocycles. The topological polar surface area (TPSA) is 66.0 Å². The standard InChI is InChI=1S/C10H14N4O/c1-2-15-7-6-14-9-8(13-10(14)11)4-3-5-12-9/h3-5H,2,6-7H2,1H3,(H2,11,13). The Morgan fingerprint density at radius 1 is 1.53 bits per heavy atom. The maximum Gasteiger partial charge on any atom is 0.202 e. The fraction of sp³-hybridized carbons (Fsp3) is 0.400. The van der Waals surface area contributed by atoms with E-state index in [1.54, 1.807) is 6.20 Å². The normalized spacial score (nSPS) is 11.0. The molecule has 0 fully saturated rings. The fourth-order valence-electron chi connectivity index (χ4n) is 1.50. The number of anilines is 1. The van der Waals surface area contributed by atoms with Crippen molar-refractivity contribution in [2.24, 2.45) is 0 Å². The van der Waals surface area contributed by atoms with Crippen LogP contribution in [-0.4, -0.2) is 27.7 Å². The highest BCUT2D eigenvalue weighted by Crippen LogP contribution is 2.14. The first-order valence-electron chi connectivity index (χ1n) is 4.97. The van der Waals surface area contributed by atoms with Gasteiger partial charge in [-0.1, -0.05) is 0 Å². The molecule has 0 unspecified atom stereocenters. The second-order valence-electron chi connectivity index (χ2n) is 3.16. The van der Waals surface area contributed by atoms with E-state index >= 15 is 0 Å². The maximum absolute atomic E-state index is 5.79. The van der Waals surface area contributed by atoms with Crippen molar-refractivity contribution in [2.75, 3.05) is 18.9 Å². The van der Waals surface area contributed by atoms with Crippen molar-refractivity contribution in [2.45, 2.75) is 13.5 Å². The highest BCUT2D eigenvalue weighted by atomic mass is 16.5. The maximum atomic E-state index is 5.79. The number of imidazole rings is 1. The van der Waals surface area contributed by atoms with Gasteiger partial charge in [0.1, 0.15) is 5.52 Å². The number of nitrogen functional groups attached to an aromatic ring is 1. The molecule has 2 heterocycles. The van der Waals surface area contributed by atoms with Crippen LogP contribution in [0.2, 0.25) is 0 Å². The van der Waals surface area contributed by atoms with Crippen molar-refractivity contribution in [3.63, 3.8) is 0 Å². The number of ether oxygens (including phenoxy) is 1. The van der Waals surface area contributed by atoms with Crippen LogP contribution in [0.5, 0.6) is 0 Å². The van der Waals surface area contributed by atoms with E-state index in [1.807, 2.05) is 23.6 Å². The number of nitrogens with zero attached hydrogens (tertiary/aromatic N) is 3. The molecule has 0 saturated carbocycles. The van der Waals surface area contributed by atoms with Gasteiger partial charge in [0.05, 0.1) is 13.2 Å². The minimum atomic E-state index is 0.489. The van der Waals surface area contributed by atoms with E-state index in [0.717, 1.165) is 11.2 Å². The van der Waals surface area contributed by atoms with Gasteiger partial charge in [-0.15, -0.1) is 0 Å². The Kier molecular flexibility index (Phi) is 2.82. The van der Waals surface area contributed by atoms with Gasteiger partial charge in [0, 0.05) is 12.8 Å². The second-order valence-corrected chi connectivity index (χ2v) is 3.16. The average Bonchev–Trinajstić information content (AvgIpc) is 2.56. The van der Waals surface area contributed by atoms with Crippen molar-refractivity contribution in [1.29, 1.82) is 0 Å². The Morgan fingerprint density at radius 2 is 2.40 bits per heavy atom. The summed E-state index contributed by atoms with van der Waals surface area (Å²) < 4.78 is 7.14. The minimum Gasteiger partial charge on any atom is -0.380 e. The molecule has 0 aromatic carbocycles. The molecular formula is C10H14N4O. The highest BCUT2D eigenvalue weighted by Gasteiger charge is 2.07. The number of aromatic nitrogens is 3. The smallest absolute Gasteiger partial charge is 0.202 e. The van der Waals surface area contributed by atoms with E-state index in [1.165, 1.54) is 0 Å². The minimum absolute atomic E-state index is 0.489. The van der Waals surface area contributed by atoms with Crippen LogP contribution in [0.25, 0.3) is 11.2 Å². The van der Waals surface area contributed by atoms with Gasteiger partial charge in [0.25, 0.3) is 0 Å². The lowest BCUT2D eigenvalue weighted by atomic mass is 10.4. The monoisotopic (exact) mass is 206 g/mol. The number of nitrogens with two attached hydrogens (primary N) is 1. The van der Waals surface area contributed by atoms with Crippen molar-refractivity contribution in [3.05, 3.63) is 18.3 Å². The summed E-state index contributed by atoms with van der Waals surface area (Å²) in [5.41, 5.74) is 7.43.